The second-order valence-corrected chi connectivity index (χ2v) is 8.18. The van der Waals surface area contributed by atoms with E-state index >= 15 is 0 Å². The minimum Gasteiger partial charge on any atom is -0.452 e. The van der Waals surface area contributed by atoms with E-state index in [4.69, 9.17) is 20.4 Å². The summed E-state index contributed by atoms with van der Waals surface area (Å²) in [5.74, 6) is -1.11. The van der Waals surface area contributed by atoms with Crippen molar-refractivity contribution in [3.8, 4) is 22.7 Å². The zero-order chi connectivity index (χ0) is 24.2. The highest BCUT2D eigenvalue weighted by molar-refractivity contribution is 7.13. The van der Waals surface area contributed by atoms with Crippen LogP contribution < -0.4 is 0 Å². The molecule has 2 heterocycles. The molecule has 0 fully saturated rings. The molecule has 3 rings (SSSR count). The Kier molecular flexibility index (Phi) is 9.15. The predicted octanol–water partition coefficient (Wildman–Crippen LogP) is 3.87. The van der Waals surface area contributed by atoms with Gasteiger partial charge in [0.1, 0.15) is 5.69 Å². The third kappa shape index (κ3) is 7.16. The smallest absolute Gasteiger partial charge is 0.331 e. The van der Waals surface area contributed by atoms with Crippen molar-refractivity contribution in [2.45, 2.75) is 19.4 Å². The molecule has 0 aliphatic heterocycles. The Hall–Kier alpha value is -4.21. The van der Waals surface area contributed by atoms with Gasteiger partial charge in [-0.1, -0.05) is 36.4 Å². The summed E-state index contributed by atoms with van der Waals surface area (Å²) in [6.45, 7) is 0.517. The van der Waals surface area contributed by atoms with Crippen LogP contribution in [0.3, 0.4) is 0 Å². The Bertz CT molecular complexity index is 1190. The average Bonchev–Trinajstić information content (AvgIpc) is 3.52. The van der Waals surface area contributed by atoms with Gasteiger partial charge in [-0.2, -0.15) is 15.6 Å². The maximum Gasteiger partial charge on any atom is 0.331 e. The quantitative estimate of drug-likeness (QED) is 0.309. The SMILES string of the molecule is N#CCCN(CCC#N)C(=O)COC(=O)/C=C/c1cn(Cc2ccccc2)nc1-c1cccs1. The van der Waals surface area contributed by atoms with E-state index in [0.29, 0.717) is 6.54 Å². The summed E-state index contributed by atoms with van der Waals surface area (Å²) < 4.78 is 6.91. The fraction of sp³-hybridized carbons (Fsp3) is 0.240. The van der Waals surface area contributed by atoms with Crippen LogP contribution in [0.25, 0.3) is 16.6 Å². The van der Waals surface area contributed by atoms with Gasteiger partial charge in [0.2, 0.25) is 0 Å². The van der Waals surface area contributed by atoms with Gasteiger partial charge in [-0.05, 0) is 23.1 Å². The molecule has 0 atom stereocenters. The van der Waals surface area contributed by atoms with E-state index < -0.39 is 18.5 Å². The van der Waals surface area contributed by atoms with Crippen LogP contribution in [-0.2, 0) is 20.9 Å². The molecule has 0 unspecified atom stereocenters. The van der Waals surface area contributed by atoms with Gasteiger partial charge in [0.25, 0.3) is 5.91 Å². The monoisotopic (exact) mass is 473 g/mol. The molecule has 34 heavy (non-hydrogen) atoms. The number of carbonyl (C=O) groups is 2. The fourth-order valence-corrected chi connectivity index (χ4v) is 3.91. The number of amides is 1. The van der Waals surface area contributed by atoms with Crippen molar-refractivity contribution in [2.24, 2.45) is 0 Å². The number of esters is 1. The van der Waals surface area contributed by atoms with E-state index in [1.54, 1.807) is 17.4 Å². The number of ether oxygens (including phenoxy) is 1. The van der Waals surface area contributed by atoms with Gasteiger partial charge in [-0.3, -0.25) is 9.48 Å². The van der Waals surface area contributed by atoms with Gasteiger partial charge < -0.3 is 9.64 Å². The second-order valence-electron chi connectivity index (χ2n) is 7.23. The van der Waals surface area contributed by atoms with Crippen molar-refractivity contribution < 1.29 is 14.3 Å². The summed E-state index contributed by atoms with van der Waals surface area (Å²) in [6, 6.07) is 17.8. The topological polar surface area (TPSA) is 112 Å². The summed E-state index contributed by atoms with van der Waals surface area (Å²) in [4.78, 5) is 26.9. The Morgan fingerprint density at radius 2 is 1.82 bits per heavy atom. The van der Waals surface area contributed by atoms with E-state index in [2.05, 4.69) is 0 Å². The number of rotatable bonds is 11. The van der Waals surface area contributed by atoms with Crippen molar-refractivity contribution in [2.75, 3.05) is 19.7 Å². The van der Waals surface area contributed by atoms with Gasteiger partial charge in [0.15, 0.2) is 6.61 Å². The summed E-state index contributed by atoms with van der Waals surface area (Å²) in [5.41, 5.74) is 2.62. The first kappa shape index (κ1) is 24.4. The van der Waals surface area contributed by atoms with Gasteiger partial charge in [-0.15, -0.1) is 11.3 Å². The third-order valence-corrected chi connectivity index (χ3v) is 5.69. The highest BCUT2D eigenvalue weighted by Crippen LogP contribution is 2.27. The lowest BCUT2D eigenvalue weighted by molar-refractivity contribution is -0.148. The second kappa shape index (κ2) is 12.7. The number of hydrogen-bond donors (Lipinski definition) is 0. The van der Waals surface area contributed by atoms with Crippen LogP contribution in [0.4, 0.5) is 0 Å². The minimum absolute atomic E-state index is 0.142. The molecule has 3 aromatic rings. The zero-order valence-corrected chi connectivity index (χ0v) is 19.3. The molecule has 1 aromatic carbocycles. The van der Waals surface area contributed by atoms with E-state index in [0.717, 1.165) is 21.7 Å². The Morgan fingerprint density at radius 1 is 1.09 bits per heavy atom. The van der Waals surface area contributed by atoms with E-state index in [-0.39, 0.29) is 25.9 Å². The maximum absolute atomic E-state index is 12.3. The lowest BCUT2D eigenvalue weighted by atomic mass is 10.2. The standard InChI is InChI=1S/C25H23N5O3S/c26-12-5-14-29(15-6-13-27)23(31)19-33-24(32)11-10-21-18-30(17-20-7-2-1-3-8-20)28-25(21)22-9-4-16-34-22/h1-4,7-11,16,18H,5-6,14-15,17,19H2/b11-10+. The molecule has 1 amide bonds. The van der Waals surface area contributed by atoms with Crippen molar-refractivity contribution in [1.82, 2.24) is 14.7 Å². The number of thiophene rings is 1. The lowest BCUT2D eigenvalue weighted by Crippen LogP contribution is -2.36. The maximum atomic E-state index is 12.3. The summed E-state index contributed by atoms with van der Waals surface area (Å²) in [6.07, 6.45) is 5.04. The van der Waals surface area contributed by atoms with Crippen molar-refractivity contribution in [3.63, 3.8) is 0 Å². The van der Waals surface area contributed by atoms with Crippen LogP contribution in [0.5, 0.6) is 0 Å². The molecule has 0 spiro atoms. The molecule has 0 aliphatic carbocycles. The number of nitriles is 2. The van der Waals surface area contributed by atoms with Gasteiger partial charge in [0.05, 0.1) is 36.4 Å². The van der Waals surface area contributed by atoms with Crippen LogP contribution in [0.2, 0.25) is 0 Å². The molecule has 2 aromatic heterocycles. The normalized spacial score (nSPS) is 10.5. The molecule has 0 saturated carbocycles. The van der Waals surface area contributed by atoms with Crippen molar-refractivity contribution >= 4 is 29.3 Å². The Balaban J connectivity index is 1.66. The third-order valence-electron chi connectivity index (χ3n) is 4.81. The van der Waals surface area contributed by atoms with Gasteiger partial charge in [0, 0.05) is 30.9 Å². The molecule has 8 nitrogen and oxygen atoms in total. The van der Waals surface area contributed by atoms with Crippen LogP contribution in [0, 0.1) is 22.7 Å². The first-order chi connectivity index (χ1) is 16.6. The number of nitrogens with zero attached hydrogens (tertiary/aromatic N) is 5. The van der Waals surface area contributed by atoms with E-state index in [1.807, 2.05) is 70.9 Å². The van der Waals surface area contributed by atoms with E-state index in [1.165, 1.54) is 11.0 Å². The Morgan fingerprint density at radius 3 is 2.47 bits per heavy atom. The molecule has 0 N–H and O–H groups in total. The molecule has 0 bridgehead atoms. The summed E-state index contributed by atoms with van der Waals surface area (Å²) >= 11 is 1.55. The molecule has 0 saturated heterocycles. The van der Waals surface area contributed by atoms with Crippen LogP contribution in [0.1, 0.15) is 24.0 Å². The van der Waals surface area contributed by atoms with Crippen molar-refractivity contribution in [1.29, 1.82) is 10.5 Å². The highest BCUT2D eigenvalue weighted by Gasteiger charge is 2.15. The molecular weight excluding hydrogens is 450 g/mol. The van der Waals surface area contributed by atoms with Gasteiger partial charge in [-0.25, -0.2) is 4.79 Å². The van der Waals surface area contributed by atoms with Crippen molar-refractivity contribution in [3.05, 3.63) is 71.2 Å². The number of aromatic nitrogens is 2. The van der Waals surface area contributed by atoms with E-state index in [9.17, 15) is 9.59 Å². The number of hydrogen-bond acceptors (Lipinski definition) is 7. The Labute approximate surface area is 201 Å². The van der Waals surface area contributed by atoms with Crippen LogP contribution in [0.15, 0.2) is 60.1 Å². The predicted molar refractivity (Wildman–Crippen MR) is 128 cm³/mol. The molecule has 9 heteroatoms. The summed E-state index contributed by atoms with van der Waals surface area (Å²) in [7, 11) is 0. The zero-order valence-electron chi connectivity index (χ0n) is 18.5. The number of benzene rings is 1. The van der Waals surface area contributed by atoms with Gasteiger partial charge >= 0.3 is 5.97 Å². The van der Waals surface area contributed by atoms with Crippen LogP contribution in [-0.4, -0.2) is 46.3 Å². The molecule has 0 aliphatic rings. The summed E-state index contributed by atoms with van der Waals surface area (Å²) in [5, 5.41) is 24.1. The first-order valence-electron chi connectivity index (χ1n) is 10.6. The fourth-order valence-electron chi connectivity index (χ4n) is 3.18. The lowest BCUT2D eigenvalue weighted by Gasteiger charge is -2.19. The molecular formula is C25H23N5O3S. The first-order valence-corrected chi connectivity index (χ1v) is 11.5. The number of carbonyl (C=O) groups excluding carboxylic acids is 2. The minimum atomic E-state index is -0.665. The molecule has 0 radical (unpaired) electrons. The highest BCUT2D eigenvalue weighted by atomic mass is 32.1. The largest absolute Gasteiger partial charge is 0.452 e. The molecule has 172 valence electrons. The average molecular weight is 474 g/mol. The van der Waals surface area contributed by atoms with Crippen LogP contribution >= 0.6 is 11.3 Å².